The van der Waals surface area contributed by atoms with Gasteiger partial charge >= 0.3 is 0 Å². The van der Waals surface area contributed by atoms with Crippen molar-refractivity contribution in [3.05, 3.63) is 75.5 Å². The molecule has 3 aromatic rings. The quantitative estimate of drug-likeness (QED) is 0.706. The summed E-state index contributed by atoms with van der Waals surface area (Å²) in [5.74, 6) is 0. The van der Waals surface area contributed by atoms with Crippen molar-refractivity contribution >= 4 is 28.2 Å². The van der Waals surface area contributed by atoms with Gasteiger partial charge in [0.1, 0.15) is 5.00 Å². The van der Waals surface area contributed by atoms with Crippen LogP contribution >= 0.6 is 11.3 Å². The van der Waals surface area contributed by atoms with Crippen LogP contribution in [0.2, 0.25) is 0 Å². The topological polar surface area (TPSA) is 44.3 Å². The van der Waals surface area contributed by atoms with Crippen LogP contribution in [-0.4, -0.2) is 52.5 Å². The molecule has 154 valence electrons. The number of anilines is 1. The molecule has 1 unspecified atom stereocenters. The van der Waals surface area contributed by atoms with Crippen molar-refractivity contribution < 1.29 is 0 Å². The van der Waals surface area contributed by atoms with Crippen molar-refractivity contribution in [3.8, 4) is 0 Å². The minimum Gasteiger partial charge on any atom is -0.366 e. The Morgan fingerprint density at radius 2 is 2.03 bits per heavy atom. The molecule has 5 heterocycles. The van der Waals surface area contributed by atoms with E-state index in [0.717, 1.165) is 43.0 Å². The number of hydrogen-bond acceptors (Lipinski definition) is 6. The van der Waals surface area contributed by atoms with E-state index in [1.54, 1.807) is 0 Å². The van der Waals surface area contributed by atoms with E-state index < -0.39 is 0 Å². The summed E-state index contributed by atoms with van der Waals surface area (Å²) in [5, 5.41) is 6.97. The van der Waals surface area contributed by atoms with Crippen LogP contribution in [0.25, 0.3) is 11.9 Å². The van der Waals surface area contributed by atoms with Gasteiger partial charge in [-0.15, -0.1) is 11.3 Å². The van der Waals surface area contributed by atoms with Gasteiger partial charge in [0.15, 0.2) is 0 Å². The third-order valence-corrected chi connectivity index (χ3v) is 7.07. The third kappa shape index (κ3) is 3.73. The van der Waals surface area contributed by atoms with Crippen LogP contribution in [0, 0.1) is 6.92 Å². The predicted octanol–water partition coefficient (Wildman–Crippen LogP) is 2.42. The van der Waals surface area contributed by atoms with Crippen molar-refractivity contribution in [2.75, 3.05) is 32.0 Å². The number of fused-ring (bicyclic) bond motifs is 2. The lowest BCUT2D eigenvalue weighted by Crippen LogP contribution is -2.52. The molecule has 0 radical (unpaired) electrons. The van der Waals surface area contributed by atoms with Gasteiger partial charge in [-0.1, -0.05) is 6.07 Å². The molecule has 0 amide bonds. The highest BCUT2D eigenvalue weighted by atomic mass is 32.1. The maximum Gasteiger partial charge on any atom is 0.102 e. The van der Waals surface area contributed by atoms with E-state index in [2.05, 4.69) is 64.5 Å². The average molecular weight is 418 g/mol. The van der Waals surface area contributed by atoms with Crippen LogP contribution in [0.1, 0.15) is 22.6 Å². The molecule has 5 nitrogen and oxygen atoms in total. The average Bonchev–Trinajstić information content (AvgIpc) is 3.07. The number of nitrogens with one attached hydrogen (secondary N) is 1. The van der Waals surface area contributed by atoms with Gasteiger partial charge in [-0.25, -0.2) is 0 Å². The Balaban J connectivity index is 1.49. The predicted molar refractivity (Wildman–Crippen MR) is 124 cm³/mol. The standard InChI is InChI=1S/C24H27N5S/c1-17-14-21-23(22-18(6-5-11-26-22)15-27-24(21)30-17)29-13-12-28(2)20(16-29)9-8-19-7-3-4-10-25-19/h3-7,10-11,14-15,20,27H,8-9,12-13,16H2,1-2H3. The summed E-state index contributed by atoms with van der Waals surface area (Å²) in [4.78, 5) is 15.7. The van der Waals surface area contributed by atoms with E-state index in [1.165, 1.54) is 26.8 Å². The van der Waals surface area contributed by atoms with E-state index in [0.29, 0.717) is 6.04 Å². The SMILES string of the molecule is Cc1cc2c(s1)NC=c1cccnc1=C2N1CCN(C)C(CCc2ccccn2)C1. The Bertz CT molecular complexity index is 1150. The lowest BCUT2D eigenvalue weighted by Gasteiger charge is -2.41. The molecule has 0 aromatic carbocycles. The van der Waals surface area contributed by atoms with Crippen LogP contribution in [0.4, 0.5) is 5.00 Å². The molecule has 30 heavy (non-hydrogen) atoms. The van der Waals surface area contributed by atoms with Crippen LogP contribution in [0.3, 0.4) is 0 Å². The molecule has 3 aromatic heterocycles. The second-order valence-corrected chi connectivity index (χ2v) is 9.37. The Kier molecular flexibility index (Phi) is 5.27. The Morgan fingerprint density at radius 1 is 1.13 bits per heavy atom. The molecule has 0 aliphatic carbocycles. The number of rotatable bonds is 4. The zero-order valence-electron chi connectivity index (χ0n) is 17.5. The van der Waals surface area contributed by atoms with Crippen molar-refractivity contribution in [1.29, 1.82) is 0 Å². The van der Waals surface area contributed by atoms with E-state index in [-0.39, 0.29) is 0 Å². The van der Waals surface area contributed by atoms with Crippen molar-refractivity contribution in [1.82, 2.24) is 19.8 Å². The second kappa shape index (κ2) is 8.20. The zero-order valence-corrected chi connectivity index (χ0v) is 18.3. The zero-order chi connectivity index (χ0) is 20.5. The van der Waals surface area contributed by atoms with Crippen molar-refractivity contribution in [3.63, 3.8) is 0 Å². The monoisotopic (exact) mass is 417 g/mol. The number of pyridine rings is 2. The minimum absolute atomic E-state index is 0.490. The Hall–Kier alpha value is -2.70. The Morgan fingerprint density at radius 3 is 2.90 bits per heavy atom. The molecule has 1 N–H and O–H groups in total. The lowest BCUT2D eigenvalue weighted by atomic mass is 10.0. The molecule has 1 fully saturated rings. The van der Waals surface area contributed by atoms with Gasteiger partial charge in [-0.3, -0.25) is 14.9 Å². The van der Waals surface area contributed by atoms with Crippen molar-refractivity contribution in [2.45, 2.75) is 25.8 Å². The molecule has 1 atom stereocenters. The highest BCUT2D eigenvalue weighted by Crippen LogP contribution is 2.34. The molecule has 2 aliphatic heterocycles. The van der Waals surface area contributed by atoms with E-state index in [1.807, 2.05) is 35.9 Å². The number of aryl methyl sites for hydroxylation is 2. The van der Waals surface area contributed by atoms with Crippen LogP contribution in [0.5, 0.6) is 0 Å². The number of thiophene rings is 1. The first kappa shape index (κ1) is 19.3. The van der Waals surface area contributed by atoms with Gasteiger partial charge in [-0.05, 0) is 57.1 Å². The fourth-order valence-corrected chi connectivity index (χ4v) is 5.32. The minimum atomic E-state index is 0.490. The lowest BCUT2D eigenvalue weighted by molar-refractivity contribution is 0.127. The van der Waals surface area contributed by atoms with Crippen LogP contribution in [-0.2, 0) is 6.42 Å². The van der Waals surface area contributed by atoms with Gasteiger partial charge in [0.05, 0.1) is 11.0 Å². The van der Waals surface area contributed by atoms with Gasteiger partial charge in [0.2, 0.25) is 0 Å². The summed E-state index contributed by atoms with van der Waals surface area (Å²) in [7, 11) is 2.25. The number of hydrogen-bond donors (Lipinski definition) is 1. The van der Waals surface area contributed by atoms with Crippen LogP contribution in [0.15, 0.2) is 48.8 Å². The second-order valence-electron chi connectivity index (χ2n) is 8.12. The van der Waals surface area contributed by atoms with E-state index >= 15 is 0 Å². The highest BCUT2D eigenvalue weighted by Gasteiger charge is 2.29. The van der Waals surface area contributed by atoms with Crippen molar-refractivity contribution in [2.24, 2.45) is 0 Å². The molecular formula is C24H27N5S. The normalized spacial score (nSPS) is 18.8. The molecule has 0 bridgehead atoms. The summed E-state index contributed by atoms with van der Waals surface area (Å²) < 4.78 is 0. The molecule has 0 saturated carbocycles. The number of likely N-dealkylation sites (N-methyl/N-ethyl adjacent to an activating group) is 1. The molecule has 0 spiro atoms. The summed E-state index contributed by atoms with van der Waals surface area (Å²) >= 11 is 1.81. The molecule has 1 saturated heterocycles. The van der Waals surface area contributed by atoms with Crippen LogP contribution < -0.4 is 15.9 Å². The first-order valence-corrected chi connectivity index (χ1v) is 11.4. The van der Waals surface area contributed by atoms with E-state index in [4.69, 9.17) is 4.98 Å². The maximum atomic E-state index is 4.81. The maximum absolute atomic E-state index is 4.81. The van der Waals surface area contributed by atoms with Gasteiger partial charge in [0.25, 0.3) is 0 Å². The third-order valence-electron chi connectivity index (χ3n) is 6.09. The first-order valence-electron chi connectivity index (χ1n) is 10.6. The summed E-state index contributed by atoms with van der Waals surface area (Å²) in [6, 6.07) is 13.1. The largest absolute Gasteiger partial charge is 0.366 e. The highest BCUT2D eigenvalue weighted by molar-refractivity contribution is 7.16. The van der Waals surface area contributed by atoms with Gasteiger partial charge in [0, 0.05) is 65.6 Å². The molecule has 5 rings (SSSR count). The fraction of sp³-hybridized carbons (Fsp3) is 0.333. The summed E-state index contributed by atoms with van der Waals surface area (Å²) in [5.41, 5.74) is 3.72. The first-order chi connectivity index (χ1) is 14.7. The summed E-state index contributed by atoms with van der Waals surface area (Å²) in [6.45, 7) is 5.24. The molecule has 2 aliphatic rings. The summed E-state index contributed by atoms with van der Waals surface area (Å²) in [6.07, 6.45) is 8.00. The van der Waals surface area contributed by atoms with E-state index in [9.17, 15) is 0 Å². The number of aromatic nitrogens is 2. The smallest absolute Gasteiger partial charge is 0.102 e. The molecule has 6 heteroatoms. The van der Waals surface area contributed by atoms with Gasteiger partial charge in [-0.2, -0.15) is 0 Å². The fourth-order valence-electron chi connectivity index (χ4n) is 4.44. The van der Waals surface area contributed by atoms with Gasteiger partial charge < -0.3 is 10.2 Å². The molecular weight excluding hydrogens is 390 g/mol. The Labute approximate surface area is 181 Å². The number of piperazine rings is 1. The number of nitrogens with zero attached hydrogens (tertiary/aromatic N) is 4.